The van der Waals surface area contributed by atoms with Gasteiger partial charge in [-0.05, 0) is 18.9 Å². The normalized spacial score (nSPS) is 12.2. The number of rotatable bonds is 9. The lowest BCUT2D eigenvalue weighted by Crippen LogP contribution is -2.29. The van der Waals surface area contributed by atoms with Crippen molar-refractivity contribution < 1.29 is 14.2 Å². The molecule has 0 bridgehead atoms. The van der Waals surface area contributed by atoms with Crippen LogP contribution in [0.25, 0.3) is 0 Å². The van der Waals surface area contributed by atoms with E-state index in [1.807, 2.05) is 18.2 Å². The maximum absolute atomic E-state index is 5.62. The summed E-state index contributed by atoms with van der Waals surface area (Å²) in [5.74, 6) is 7.15. The Morgan fingerprint density at radius 2 is 2.00 bits per heavy atom. The van der Waals surface area contributed by atoms with Gasteiger partial charge < -0.3 is 14.2 Å². The number of hydrazine groups is 1. The fourth-order valence-electron chi connectivity index (χ4n) is 1.88. The van der Waals surface area contributed by atoms with E-state index in [4.69, 9.17) is 20.1 Å². The second-order valence-electron chi connectivity index (χ2n) is 4.23. The van der Waals surface area contributed by atoms with Crippen LogP contribution in [0.2, 0.25) is 0 Å². The summed E-state index contributed by atoms with van der Waals surface area (Å²) in [4.78, 5) is 0. The van der Waals surface area contributed by atoms with Crippen molar-refractivity contribution in [3.63, 3.8) is 0 Å². The lowest BCUT2D eigenvalue weighted by Gasteiger charge is -2.19. The minimum Gasteiger partial charge on any atom is -0.497 e. The Kier molecular flexibility index (Phi) is 7.25. The maximum atomic E-state index is 5.62. The zero-order valence-corrected chi connectivity index (χ0v) is 11.9. The highest BCUT2D eigenvalue weighted by atomic mass is 16.5. The molecule has 1 unspecified atom stereocenters. The number of nitrogens with two attached hydrogens (primary N) is 1. The van der Waals surface area contributed by atoms with Gasteiger partial charge in [-0.1, -0.05) is 13.0 Å². The topological polar surface area (TPSA) is 65.7 Å². The Morgan fingerprint density at radius 1 is 1.21 bits per heavy atom. The van der Waals surface area contributed by atoms with E-state index >= 15 is 0 Å². The molecule has 5 heteroatoms. The molecule has 0 saturated heterocycles. The quantitative estimate of drug-likeness (QED) is 0.407. The molecule has 0 saturated carbocycles. The molecule has 0 radical (unpaired) electrons. The molecule has 3 N–H and O–H groups in total. The molecule has 0 aliphatic carbocycles. The van der Waals surface area contributed by atoms with Crippen molar-refractivity contribution in [2.45, 2.75) is 25.8 Å². The predicted molar refractivity (Wildman–Crippen MR) is 75.3 cm³/mol. The zero-order valence-electron chi connectivity index (χ0n) is 11.9. The maximum Gasteiger partial charge on any atom is 0.127 e. The van der Waals surface area contributed by atoms with Crippen molar-refractivity contribution in [3.05, 3.63) is 23.8 Å². The summed E-state index contributed by atoms with van der Waals surface area (Å²) < 4.78 is 16.1. The Balaban J connectivity index is 2.73. The summed E-state index contributed by atoms with van der Waals surface area (Å²) in [6, 6.07) is 5.71. The van der Waals surface area contributed by atoms with Crippen LogP contribution in [0.4, 0.5) is 0 Å². The van der Waals surface area contributed by atoms with E-state index < -0.39 is 0 Å². The molecule has 0 amide bonds. The van der Waals surface area contributed by atoms with Crippen molar-refractivity contribution in [1.29, 1.82) is 0 Å². The molecule has 1 aromatic carbocycles. The SMILES string of the molecule is CCCOCCC(NN)c1ccc(OC)cc1OC. The minimum absolute atomic E-state index is 0.00212. The number of benzene rings is 1. The van der Waals surface area contributed by atoms with Gasteiger partial charge in [-0.2, -0.15) is 0 Å². The second kappa shape index (κ2) is 8.74. The van der Waals surface area contributed by atoms with Crippen LogP contribution in [-0.2, 0) is 4.74 Å². The number of hydrogen-bond acceptors (Lipinski definition) is 5. The van der Waals surface area contributed by atoms with E-state index in [2.05, 4.69) is 12.3 Å². The Morgan fingerprint density at radius 3 is 2.58 bits per heavy atom. The first-order chi connectivity index (χ1) is 9.26. The van der Waals surface area contributed by atoms with Gasteiger partial charge in [0.1, 0.15) is 11.5 Å². The summed E-state index contributed by atoms with van der Waals surface area (Å²) >= 11 is 0. The monoisotopic (exact) mass is 268 g/mol. The Labute approximate surface area is 115 Å². The minimum atomic E-state index is -0.00212. The fourth-order valence-corrected chi connectivity index (χ4v) is 1.88. The second-order valence-corrected chi connectivity index (χ2v) is 4.23. The standard InChI is InChI=1S/C14H24N2O3/c1-4-8-19-9-7-13(16-15)12-6-5-11(17-2)10-14(12)18-3/h5-6,10,13,16H,4,7-9,15H2,1-3H3. The van der Waals surface area contributed by atoms with Crippen LogP contribution in [0.3, 0.4) is 0 Å². The Hall–Kier alpha value is -1.30. The lowest BCUT2D eigenvalue weighted by atomic mass is 10.0. The fraction of sp³-hybridized carbons (Fsp3) is 0.571. The van der Waals surface area contributed by atoms with Gasteiger partial charge in [0.05, 0.1) is 20.3 Å². The van der Waals surface area contributed by atoms with Crippen molar-refractivity contribution in [3.8, 4) is 11.5 Å². The average molecular weight is 268 g/mol. The smallest absolute Gasteiger partial charge is 0.127 e. The van der Waals surface area contributed by atoms with E-state index in [1.54, 1.807) is 14.2 Å². The average Bonchev–Trinajstić information content (AvgIpc) is 2.47. The van der Waals surface area contributed by atoms with Crippen molar-refractivity contribution in [1.82, 2.24) is 5.43 Å². The molecule has 0 aromatic heterocycles. The van der Waals surface area contributed by atoms with E-state index in [9.17, 15) is 0 Å². The van der Waals surface area contributed by atoms with Crippen LogP contribution in [0.1, 0.15) is 31.4 Å². The molecule has 0 spiro atoms. The molecular formula is C14H24N2O3. The van der Waals surface area contributed by atoms with Gasteiger partial charge in [-0.3, -0.25) is 11.3 Å². The molecule has 108 valence electrons. The highest BCUT2D eigenvalue weighted by molar-refractivity contribution is 5.42. The summed E-state index contributed by atoms with van der Waals surface area (Å²) in [6.45, 7) is 3.53. The first kappa shape index (κ1) is 15.8. The van der Waals surface area contributed by atoms with Gasteiger partial charge in [-0.15, -0.1) is 0 Å². The zero-order chi connectivity index (χ0) is 14.1. The van der Waals surface area contributed by atoms with Crippen molar-refractivity contribution in [2.75, 3.05) is 27.4 Å². The summed E-state index contributed by atoms with van der Waals surface area (Å²) in [7, 11) is 3.27. The van der Waals surface area contributed by atoms with E-state index in [-0.39, 0.29) is 6.04 Å². The molecule has 5 nitrogen and oxygen atoms in total. The number of ether oxygens (including phenoxy) is 3. The van der Waals surface area contributed by atoms with Crippen LogP contribution in [-0.4, -0.2) is 27.4 Å². The molecule has 0 heterocycles. The predicted octanol–water partition coefficient (Wildman–Crippen LogP) is 2.02. The molecule has 1 aromatic rings. The van der Waals surface area contributed by atoms with Crippen LogP contribution >= 0.6 is 0 Å². The molecule has 19 heavy (non-hydrogen) atoms. The highest BCUT2D eigenvalue weighted by Gasteiger charge is 2.15. The van der Waals surface area contributed by atoms with Gasteiger partial charge in [0.15, 0.2) is 0 Å². The van der Waals surface area contributed by atoms with Gasteiger partial charge in [0, 0.05) is 24.8 Å². The van der Waals surface area contributed by atoms with Crippen LogP contribution in [0, 0.1) is 0 Å². The van der Waals surface area contributed by atoms with Gasteiger partial charge in [0.25, 0.3) is 0 Å². The third-order valence-electron chi connectivity index (χ3n) is 2.92. The van der Waals surface area contributed by atoms with E-state index in [1.165, 1.54) is 0 Å². The van der Waals surface area contributed by atoms with Crippen molar-refractivity contribution in [2.24, 2.45) is 5.84 Å². The van der Waals surface area contributed by atoms with Crippen LogP contribution in [0.5, 0.6) is 11.5 Å². The van der Waals surface area contributed by atoms with Crippen molar-refractivity contribution >= 4 is 0 Å². The molecule has 1 atom stereocenters. The third-order valence-corrected chi connectivity index (χ3v) is 2.92. The summed E-state index contributed by atoms with van der Waals surface area (Å²) in [6.07, 6.45) is 1.81. The highest BCUT2D eigenvalue weighted by Crippen LogP contribution is 2.30. The van der Waals surface area contributed by atoms with Crippen LogP contribution in [0.15, 0.2) is 18.2 Å². The molecule has 1 rings (SSSR count). The van der Waals surface area contributed by atoms with Gasteiger partial charge in [-0.25, -0.2) is 0 Å². The first-order valence-electron chi connectivity index (χ1n) is 6.52. The Bertz CT molecular complexity index is 372. The third kappa shape index (κ3) is 4.70. The van der Waals surface area contributed by atoms with Gasteiger partial charge in [0.2, 0.25) is 0 Å². The number of nitrogens with one attached hydrogen (secondary N) is 1. The number of methoxy groups -OCH3 is 2. The van der Waals surface area contributed by atoms with Gasteiger partial charge >= 0.3 is 0 Å². The van der Waals surface area contributed by atoms with Crippen LogP contribution < -0.4 is 20.7 Å². The largest absolute Gasteiger partial charge is 0.497 e. The van der Waals surface area contributed by atoms with E-state index in [0.717, 1.165) is 36.5 Å². The summed E-state index contributed by atoms with van der Waals surface area (Å²) in [5.41, 5.74) is 3.81. The van der Waals surface area contributed by atoms with E-state index in [0.29, 0.717) is 6.61 Å². The molecule has 0 aliphatic heterocycles. The molecule has 0 fully saturated rings. The first-order valence-corrected chi connectivity index (χ1v) is 6.52. The summed E-state index contributed by atoms with van der Waals surface area (Å²) in [5, 5.41) is 0. The molecular weight excluding hydrogens is 244 g/mol. The number of hydrogen-bond donors (Lipinski definition) is 2. The molecule has 0 aliphatic rings. The lowest BCUT2D eigenvalue weighted by molar-refractivity contribution is 0.124.